The number of benzene rings is 2. The molecule has 0 atom stereocenters. The molecule has 0 saturated carbocycles. The Morgan fingerprint density at radius 2 is 1.45 bits per heavy atom. The summed E-state index contributed by atoms with van der Waals surface area (Å²) in [4.78, 5) is 36.5. The van der Waals surface area contributed by atoms with Crippen LogP contribution in [0.2, 0.25) is 5.15 Å². The summed E-state index contributed by atoms with van der Waals surface area (Å²) in [6.07, 6.45) is 4.63. The predicted molar refractivity (Wildman–Crippen MR) is 169 cm³/mol. The van der Waals surface area contributed by atoms with Crippen LogP contribution in [0.15, 0.2) is 67.0 Å². The van der Waals surface area contributed by atoms with Gasteiger partial charge in [-0.25, -0.2) is 43.2 Å². The van der Waals surface area contributed by atoms with Crippen molar-refractivity contribution in [3.05, 3.63) is 124 Å². The van der Waals surface area contributed by atoms with Crippen molar-refractivity contribution in [1.29, 1.82) is 0 Å². The zero-order chi connectivity index (χ0) is 34.0. The fourth-order valence-corrected chi connectivity index (χ4v) is 4.09. The third-order valence-electron chi connectivity index (χ3n) is 6.08. The molecule has 0 bridgehead atoms. The molecular weight excluding hydrogens is 632 g/mol. The third kappa shape index (κ3) is 10.2. The first-order chi connectivity index (χ1) is 22.4. The lowest BCUT2D eigenvalue weighted by atomic mass is 10.2. The van der Waals surface area contributed by atoms with Crippen LogP contribution in [0.5, 0.6) is 11.5 Å². The first-order valence-electron chi connectivity index (χ1n) is 14.0. The minimum Gasteiger partial charge on any atom is -0.483 e. The third-order valence-corrected chi connectivity index (χ3v) is 6.29. The van der Waals surface area contributed by atoms with Gasteiger partial charge in [0.15, 0.2) is 46.2 Å². The Kier molecular flexibility index (Phi) is 11.3. The quantitative estimate of drug-likeness (QED) is 0.146. The van der Waals surface area contributed by atoms with Gasteiger partial charge in [-0.2, -0.15) is 0 Å². The molecule has 4 aromatic rings. The molecule has 0 radical (unpaired) electrons. The average molecular weight is 660 g/mol. The van der Waals surface area contributed by atoms with Crippen molar-refractivity contribution < 1.29 is 27.8 Å². The normalized spacial score (nSPS) is 12.2. The van der Waals surface area contributed by atoms with Gasteiger partial charge in [-0.15, -0.1) is 0 Å². The maximum atomic E-state index is 13.9. The number of ether oxygens (including phenoxy) is 3. The highest BCUT2D eigenvalue weighted by Gasteiger charge is 2.26. The summed E-state index contributed by atoms with van der Waals surface area (Å²) in [6.45, 7) is 19.9. The molecule has 11 nitrogen and oxygen atoms in total. The van der Waals surface area contributed by atoms with Gasteiger partial charge in [0.2, 0.25) is 0 Å². The molecule has 0 aliphatic carbocycles. The largest absolute Gasteiger partial charge is 0.483 e. The predicted octanol–water partition coefficient (Wildman–Crippen LogP) is 7.78. The van der Waals surface area contributed by atoms with Gasteiger partial charge < -0.3 is 19.1 Å². The lowest BCUT2D eigenvalue weighted by molar-refractivity contribution is 0.0306. The van der Waals surface area contributed by atoms with Gasteiger partial charge in [0.25, 0.3) is 0 Å². The number of amides is 1. The van der Waals surface area contributed by atoms with E-state index in [-0.39, 0.29) is 42.2 Å². The summed E-state index contributed by atoms with van der Waals surface area (Å²) in [5.41, 5.74) is 1.43. The van der Waals surface area contributed by atoms with Crippen LogP contribution in [-0.4, -0.2) is 49.6 Å². The Labute approximate surface area is 275 Å². The zero-order valence-corrected chi connectivity index (χ0v) is 26.3. The van der Waals surface area contributed by atoms with Crippen molar-refractivity contribution in [2.75, 3.05) is 13.1 Å². The van der Waals surface area contributed by atoms with Gasteiger partial charge >= 0.3 is 6.09 Å². The molecule has 47 heavy (non-hydrogen) atoms. The smallest absolute Gasteiger partial charge is 0.410 e. The molecule has 0 unspecified atom stereocenters. The van der Waals surface area contributed by atoms with E-state index in [2.05, 4.69) is 29.6 Å². The lowest BCUT2D eigenvalue weighted by Gasteiger charge is -2.24. The van der Waals surface area contributed by atoms with Crippen LogP contribution in [-0.2, 0) is 18.0 Å². The molecule has 0 spiro atoms. The van der Waals surface area contributed by atoms with E-state index in [1.165, 1.54) is 36.5 Å². The molecule has 14 heteroatoms. The molecule has 240 valence electrons. The minimum absolute atomic E-state index is 0.00877. The summed E-state index contributed by atoms with van der Waals surface area (Å²) < 4.78 is 43.5. The van der Waals surface area contributed by atoms with Crippen molar-refractivity contribution in [2.24, 2.45) is 0 Å². The number of rotatable bonds is 7. The summed E-state index contributed by atoms with van der Waals surface area (Å²) >= 11 is 5.68. The zero-order valence-electron chi connectivity index (χ0n) is 25.6. The SMILES string of the molecule is [C-]#[N+]c1ccc(OCc2nccc(C3=CCN(C(=O)OC(C)(C)C)C3)n2)c(F)c1.[C-]#[N+]c1ccc(OCc2nccc(Cl)n2)c(F)c1. The molecule has 2 aromatic carbocycles. The monoisotopic (exact) mass is 659 g/mol. The second-order valence-electron chi connectivity index (χ2n) is 10.8. The van der Waals surface area contributed by atoms with Crippen LogP contribution < -0.4 is 9.47 Å². The number of carbonyl (C=O) groups is 1. The summed E-state index contributed by atoms with van der Waals surface area (Å²) in [7, 11) is 0. The highest BCUT2D eigenvalue weighted by molar-refractivity contribution is 6.29. The van der Waals surface area contributed by atoms with Crippen molar-refractivity contribution >= 4 is 34.6 Å². The number of nitrogens with zero attached hydrogens (tertiary/aromatic N) is 7. The van der Waals surface area contributed by atoms with E-state index < -0.39 is 17.2 Å². The van der Waals surface area contributed by atoms with Crippen LogP contribution in [0.1, 0.15) is 38.1 Å². The maximum Gasteiger partial charge on any atom is 0.410 e. The van der Waals surface area contributed by atoms with E-state index in [0.717, 1.165) is 17.7 Å². The molecule has 2 aromatic heterocycles. The highest BCUT2D eigenvalue weighted by atomic mass is 35.5. The Morgan fingerprint density at radius 1 is 0.894 bits per heavy atom. The van der Waals surface area contributed by atoms with Crippen LogP contribution in [0, 0.1) is 24.8 Å². The first kappa shape index (κ1) is 34.2. The van der Waals surface area contributed by atoms with Crippen LogP contribution in [0.25, 0.3) is 15.3 Å². The van der Waals surface area contributed by atoms with Gasteiger partial charge in [0.1, 0.15) is 24.0 Å². The van der Waals surface area contributed by atoms with E-state index in [1.54, 1.807) is 17.2 Å². The van der Waals surface area contributed by atoms with Gasteiger partial charge in [-0.05, 0) is 62.7 Å². The maximum absolute atomic E-state index is 13.9. The Morgan fingerprint density at radius 3 is 1.96 bits per heavy atom. The molecule has 3 heterocycles. The molecule has 5 rings (SSSR count). The minimum atomic E-state index is -0.610. The van der Waals surface area contributed by atoms with E-state index in [9.17, 15) is 13.6 Å². The molecule has 1 aliphatic rings. The van der Waals surface area contributed by atoms with Crippen LogP contribution in [0.3, 0.4) is 0 Å². The number of aromatic nitrogens is 4. The number of halogens is 3. The van der Waals surface area contributed by atoms with Gasteiger partial charge in [-0.3, -0.25) is 0 Å². The van der Waals surface area contributed by atoms with E-state index in [4.69, 9.17) is 39.0 Å². The standard InChI is InChI=1S/C21H21FN4O3.C12H7ClFN3O/c1-21(2,3)29-20(27)26-10-8-14(12-26)17-7-9-24-19(25-17)13-28-18-6-5-15(23-4)11-16(18)22;1-15-8-2-3-10(9(14)6-8)18-7-12-16-5-4-11(13)17-12/h5-9,11H,10,12-13H2,1-3H3;2-6H,7H2. The summed E-state index contributed by atoms with van der Waals surface area (Å²) in [5, 5.41) is 0.299. The summed E-state index contributed by atoms with van der Waals surface area (Å²) in [5.74, 6) is -0.385. The molecular formula is C33H28ClF2N7O4. The second-order valence-corrected chi connectivity index (χ2v) is 11.2. The molecule has 0 fully saturated rings. The van der Waals surface area contributed by atoms with Crippen molar-refractivity contribution in [3.63, 3.8) is 0 Å². The van der Waals surface area contributed by atoms with Crippen molar-refractivity contribution in [2.45, 2.75) is 39.6 Å². The van der Waals surface area contributed by atoms with Crippen LogP contribution in [0.4, 0.5) is 25.0 Å². The van der Waals surface area contributed by atoms with E-state index in [0.29, 0.717) is 35.6 Å². The molecule has 1 aliphatic heterocycles. The summed E-state index contributed by atoms with van der Waals surface area (Å²) in [6, 6.07) is 11.3. The van der Waals surface area contributed by atoms with Gasteiger partial charge in [-0.1, -0.05) is 29.8 Å². The average Bonchev–Trinajstić information content (AvgIpc) is 3.54. The van der Waals surface area contributed by atoms with Crippen molar-refractivity contribution in [3.8, 4) is 11.5 Å². The van der Waals surface area contributed by atoms with Gasteiger partial charge in [0.05, 0.1) is 25.4 Å². The number of carbonyl (C=O) groups excluding carboxylic acids is 1. The van der Waals surface area contributed by atoms with Crippen molar-refractivity contribution in [1.82, 2.24) is 24.8 Å². The fraction of sp³-hybridized carbons (Fsp3) is 0.242. The highest BCUT2D eigenvalue weighted by Crippen LogP contribution is 2.25. The first-order valence-corrected chi connectivity index (χ1v) is 14.4. The molecule has 1 amide bonds. The van der Waals surface area contributed by atoms with Gasteiger partial charge in [0, 0.05) is 18.9 Å². The number of hydrogen-bond acceptors (Lipinski definition) is 8. The van der Waals surface area contributed by atoms with E-state index in [1.807, 2.05) is 26.8 Å². The van der Waals surface area contributed by atoms with Crippen LogP contribution >= 0.6 is 11.6 Å². The Hall–Kier alpha value is -5.66. The topological polar surface area (TPSA) is 108 Å². The van der Waals surface area contributed by atoms with E-state index >= 15 is 0 Å². The molecule has 0 saturated heterocycles. The Bertz CT molecular complexity index is 1870. The fourth-order valence-electron chi connectivity index (χ4n) is 3.93. The molecule has 0 N–H and O–H groups in total. The number of hydrogen-bond donors (Lipinski definition) is 0. The lowest BCUT2D eigenvalue weighted by Crippen LogP contribution is -2.35. The Balaban J connectivity index is 0.000000238. The second kappa shape index (κ2) is 15.6.